The van der Waals surface area contributed by atoms with E-state index in [1.54, 1.807) is 55.6 Å². The number of carbonyl (C=O) groups is 2. The Bertz CT molecular complexity index is 1080. The zero-order chi connectivity index (χ0) is 25.0. The van der Waals surface area contributed by atoms with E-state index >= 15 is 0 Å². The van der Waals surface area contributed by atoms with Crippen molar-refractivity contribution in [3.63, 3.8) is 0 Å². The van der Waals surface area contributed by atoms with Gasteiger partial charge in [0.05, 0.1) is 20.3 Å². The van der Waals surface area contributed by atoms with Gasteiger partial charge in [-0.25, -0.2) is 4.79 Å². The molecule has 0 aliphatic carbocycles. The van der Waals surface area contributed by atoms with Gasteiger partial charge in [0.2, 0.25) is 0 Å². The number of benzene rings is 3. The molecule has 0 saturated heterocycles. The molecule has 3 aromatic rings. The van der Waals surface area contributed by atoms with Crippen LogP contribution in [0.3, 0.4) is 0 Å². The summed E-state index contributed by atoms with van der Waals surface area (Å²) in [5, 5.41) is 11.9. The van der Waals surface area contributed by atoms with Crippen LogP contribution in [-0.4, -0.2) is 50.5 Å². The van der Waals surface area contributed by atoms with Gasteiger partial charge in [-0.15, -0.1) is 0 Å². The van der Waals surface area contributed by atoms with Crippen LogP contribution in [0.1, 0.15) is 22.3 Å². The number of carboxylic acid groups (broad SMARTS) is 1. The summed E-state index contributed by atoms with van der Waals surface area (Å²) >= 11 is 0. The molecule has 0 aliphatic heterocycles. The number of carboxylic acids is 1. The second kappa shape index (κ2) is 13.0. The van der Waals surface area contributed by atoms with Crippen LogP contribution in [0, 0.1) is 0 Å². The molecule has 0 fully saturated rings. The standard InChI is InChI=1S/C27H29NO7/c1-32-22-12-6-20(7-13-22)26(29)28-21-8-14-24(15-9-21)35-17-3-16-34-23-10-4-19(5-11-23)18-25(33-2)27(30)31/h4-15,25H,3,16-18H2,1-2H3,(H,28,29)(H,30,31)/t25-/m0/s1. The van der Waals surface area contributed by atoms with Crippen molar-refractivity contribution in [3.8, 4) is 17.2 Å². The zero-order valence-electron chi connectivity index (χ0n) is 19.7. The fraction of sp³-hybridized carbons (Fsp3) is 0.259. The highest BCUT2D eigenvalue weighted by Crippen LogP contribution is 2.18. The molecule has 0 heterocycles. The van der Waals surface area contributed by atoms with Crippen LogP contribution in [0.2, 0.25) is 0 Å². The third-order valence-electron chi connectivity index (χ3n) is 5.19. The molecule has 0 spiro atoms. The average Bonchev–Trinajstić information content (AvgIpc) is 2.88. The van der Waals surface area contributed by atoms with Crippen molar-refractivity contribution in [2.45, 2.75) is 18.9 Å². The van der Waals surface area contributed by atoms with E-state index in [-0.39, 0.29) is 5.91 Å². The van der Waals surface area contributed by atoms with Crippen LogP contribution >= 0.6 is 0 Å². The van der Waals surface area contributed by atoms with Crippen LogP contribution in [-0.2, 0) is 16.0 Å². The summed E-state index contributed by atoms with van der Waals surface area (Å²) in [7, 11) is 2.96. The molecule has 0 saturated carbocycles. The van der Waals surface area contributed by atoms with E-state index in [2.05, 4.69) is 5.32 Å². The second-order valence-electron chi connectivity index (χ2n) is 7.67. The number of ether oxygens (including phenoxy) is 4. The molecule has 184 valence electrons. The van der Waals surface area contributed by atoms with Gasteiger partial charge in [0.15, 0.2) is 6.10 Å². The Balaban J connectivity index is 1.36. The topological polar surface area (TPSA) is 103 Å². The first-order chi connectivity index (χ1) is 17.0. The lowest BCUT2D eigenvalue weighted by Gasteiger charge is -2.11. The van der Waals surface area contributed by atoms with Crippen molar-refractivity contribution in [1.82, 2.24) is 0 Å². The Labute approximate surface area is 204 Å². The van der Waals surface area contributed by atoms with Gasteiger partial charge in [-0.1, -0.05) is 12.1 Å². The number of carbonyl (C=O) groups excluding carboxylic acids is 1. The third kappa shape index (κ3) is 8.04. The van der Waals surface area contributed by atoms with Gasteiger partial charge >= 0.3 is 5.97 Å². The maximum Gasteiger partial charge on any atom is 0.333 e. The minimum Gasteiger partial charge on any atom is -0.497 e. The first-order valence-electron chi connectivity index (χ1n) is 11.1. The molecule has 8 heteroatoms. The van der Waals surface area contributed by atoms with Gasteiger partial charge in [0.1, 0.15) is 17.2 Å². The molecule has 8 nitrogen and oxygen atoms in total. The van der Waals surface area contributed by atoms with E-state index in [0.717, 1.165) is 5.56 Å². The molecule has 0 unspecified atom stereocenters. The van der Waals surface area contributed by atoms with Crippen molar-refractivity contribution >= 4 is 17.6 Å². The Hall–Kier alpha value is -4.04. The van der Waals surface area contributed by atoms with Crippen molar-refractivity contribution in [1.29, 1.82) is 0 Å². The molecule has 0 aliphatic rings. The number of methoxy groups -OCH3 is 2. The summed E-state index contributed by atoms with van der Waals surface area (Å²) in [6.07, 6.45) is 0.115. The van der Waals surface area contributed by atoms with Crippen LogP contribution in [0.15, 0.2) is 72.8 Å². The highest BCUT2D eigenvalue weighted by atomic mass is 16.5. The predicted molar refractivity (Wildman–Crippen MR) is 132 cm³/mol. The highest BCUT2D eigenvalue weighted by molar-refractivity contribution is 6.04. The summed E-state index contributed by atoms with van der Waals surface area (Å²) in [4.78, 5) is 23.4. The number of hydrogen-bond donors (Lipinski definition) is 2. The van der Waals surface area contributed by atoms with Gasteiger partial charge in [-0.2, -0.15) is 0 Å². The molecular weight excluding hydrogens is 450 g/mol. The largest absolute Gasteiger partial charge is 0.497 e. The van der Waals surface area contributed by atoms with E-state index in [0.29, 0.717) is 54.6 Å². The molecular formula is C27H29NO7. The van der Waals surface area contributed by atoms with Crippen LogP contribution in [0.4, 0.5) is 5.69 Å². The summed E-state index contributed by atoms with van der Waals surface area (Å²) in [6.45, 7) is 0.953. The summed E-state index contributed by atoms with van der Waals surface area (Å²) < 4.78 is 21.5. The third-order valence-corrected chi connectivity index (χ3v) is 5.19. The van der Waals surface area contributed by atoms with Gasteiger partial charge < -0.3 is 29.4 Å². The van der Waals surface area contributed by atoms with Gasteiger partial charge in [0.25, 0.3) is 5.91 Å². The number of nitrogens with one attached hydrogen (secondary N) is 1. The average molecular weight is 480 g/mol. The van der Waals surface area contributed by atoms with E-state index in [1.165, 1.54) is 7.11 Å². The maximum atomic E-state index is 12.3. The van der Waals surface area contributed by atoms with E-state index in [4.69, 9.17) is 24.1 Å². The second-order valence-corrected chi connectivity index (χ2v) is 7.67. The molecule has 0 radical (unpaired) electrons. The molecule has 1 amide bonds. The predicted octanol–water partition coefficient (Wildman–Crippen LogP) is 4.44. The Kier molecular flexibility index (Phi) is 9.50. The molecule has 0 bridgehead atoms. The van der Waals surface area contributed by atoms with Crippen LogP contribution < -0.4 is 19.5 Å². The minimum absolute atomic E-state index is 0.202. The highest BCUT2D eigenvalue weighted by Gasteiger charge is 2.16. The Morgan fingerprint density at radius 1 is 0.800 bits per heavy atom. The first kappa shape index (κ1) is 25.6. The van der Waals surface area contributed by atoms with Gasteiger partial charge in [-0.3, -0.25) is 4.79 Å². The molecule has 3 rings (SSSR count). The SMILES string of the molecule is COc1ccc(C(=O)Nc2ccc(OCCCOc3ccc(C[C@H](OC)C(=O)O)cc3)cc2)cc1. The van der Waals surface area contributed by atoms with Crippen molar-refractivity contribution in [2.24, 2.45) is 0 Å². The number of rotatable bonds is 13. The quantitative estimate of drug-likeness (QED) is 0.349. The lowest BCUT2D eigenvalue weighted by molar-refractivity contribution is -0.148. The fourth-order valence-electron chi connectivity index (χ4n) is 3.23. The monoisotopic (exact) mass is 479 g/mol. The Morgan fingerprint density at radius 3 is 1.86 bits per heavy atom. The summed E-state index contributed by atoms with van der Waals surface area (Å²) in [5.74, 6) is 0.908. The molecule has 2 N–H and O–H groups in total. The van der Waals surface area contributed by atoms with Gasteiger partial charge in [-0.05, 0) is 66.2 Å². The molecule has 3 aromatic carbocycles. The van der Waals surface area contributed by atoms with Crippen LogP contribution in [0.25, 0.3) is 0 Å². The maximum absolute atomic E-state index is 12.3. The smallest absolute Gasteiger partial charge is 0.333 e. The minimum atomic E-state index is -0.985. The van der Waals surface area contributed by atoms with Crippen molar-refractivity contribution in [3.05, 3.63) is 83.9 Å². The fourth-order valence-corrected chi connectivity index (χ4v) is 3.23. The van der Waals surface area contributed by atoms with Crippen LogP contribution in [0.5, 0.6) is 17.2 Å². The number of hydrogen-bond acceptors (Lipinski definition) is 6. The number of anilines is 1. The summed E-state index contributed by atoms with van der Waals surface area (Å²) in [5.41, 5.74) is 2.07. The molecule has 1 atom stereocenters. The zero-order valence-corrected chi connectivity index (χ0v) is 19.7. The number of aliphatic carboxylic acids is 1. The Morgan fingerprint density at radius 2 is 1.34 bits per heavy atom. The molecule has 35 heavy (non-hydrogen) atoms. The molecule has 0 aromatic heterocycles. The van der Waals surface area contributed by atoms with Crippen molar-refractivity contribution < 1.29 is 33.6 Å². The number of amides is 1. The van der Waals surface area contributed by atoms with E-state index < -0.39 is 12.1 Å². The van der Waals surface area contributed by atoms with E-state index in [9.17, 15) is 9.59 Å². The normalized spacial score (nSPS) is 11.4. The van der Waals surface area contributed by atoms with Crippen molar-refractivity contribution in [2.75, 3.05) is 32.8 Å². The lowest BCUT2D eigenvalue weighted by atomic mass is 10.1. The van der Waals surface area contributed by atoms with Gasteiger partial charge in [0, 0.05) is 31.2 Å². The lowest BCUT2D eigenvalue weighted by Crippen LogP contribution is -2.24. The summed E-state index contributed by atoms with van der Waals surface area (Å²) in [6, 6.07) is 21.3. The van der Waals surface area contributed by atoms with E-state index in [1.807, 2.05) is 24.3 Å². The first-order valence-corrected chi connectivity index (χ1v) is 11.1.